The number of rotatable bonds is 3. The van der Waals surface area contributed by atoms with Crippen LogP contribution in [-0.2, 0) is 4.74 Å². The third kappa shape index (κ3) is 3.06. The zero-order valence-electron chi connectivity index (χ0n) is 10.6. The number of aromatic nitrogens is 2. The summed E-state index contributed by atoms with van der Waals surface area (Å²) in [5.74, 6) is 1.74. The van der Waals surface area contributed by atoms with Crippen LogP contribution >= 0.6 is 0 Å². The van der Waals surface area contributed by atoms with Crippen LogP contribution in [-0.4, -0.2) is 42.8 Å². The van der Waals surface area contributed by atoms with E-state index in [-0.39, 0.29) is 0 Å². The lowest BCUT2D eigenvalue weighted by Gasteiger charge is -2.22. The van der Waals surface area contributed by atoms with E-state index in [1.54, 1.807) is 0 Å². The Hall–Kier alpha value is -1.36. The Morgan fingerprint density at radius 3 is 3.12 bits per heavy atom. The van der Waals surface area contributed by atoms with Crippen LogP contribution in [0.5, 0.6) is 0 Å². The van der Waals surface area contributed by atoms with E-state index in [0.29, 0.717) is 5.95 Å². The van der Waals surface area contributed by atoms with Crippen molar-refractivity contribution in [2.75, 3.05) is 43.1 Å². The van der Waals surface area contributed by atoms with Crippen LogP contribution in [0.2, 0.25) is 0 Å². The molecule has 0 atom stereocenters. The Balaban J connectivity index is 2.19. The van der Waals surface area contributed by atoms with Crippen molar-refractivity contribution < 1.29 is 4.74 Å². The molecule has 1 aliphatic heterocycles. The summed E-state index contributed by atoms with van der Waals surface area (Å²) >= 11 is 0. The van der Waals surface area contributed by atoms with E-state index in [4.69, 9.17) is 4.74 Å². The van der Waals surface area contributed by atoms with Crippen LogP contribution in [0.3, 0.4) is 0 Å². The van der Waals surface area contributed by atoms with Crippen molar-refractivity contribution in [3.05, 3.63) is 11.8 Å². The smallest absolute Gasteiger partial charge is 0.224 e. The van der Waals surface area contributed by atoms with E-state index in [0.717, 1.165) is 50.7 Å². The third-order valence-corrected chi connectivity index (χ3v) is 2.80. The second kappa shape index (κ2) is 5.82. The standard InChI is InChI=1S/C12H20N4O/c1-3-13-12-14-9-10(2)11(15-12)16-5-4-7-17-8-6-16/h9H,3-8H2,1-2H3,(H,13,14,15). The first-order valence-electron chi connectivity index (χ1n) is 6.21. The molecule has 5 nitrogen and oxygen atoms in total. The summed E-state index contributed by atoms with van der Waals surface area (Å²) in [6, 6.07) is 0. The molecule has 0 saturated carbocycles. The quantitative estimate of drug-likeness (QED) is 0.860. The molecular formula is C12H20N4O. The molecule has 1 N–H and O–H groups in total. The normalized spacial score (nSPS) is 16.7. The molecule has 0 unspecified atom stereocenters. The Kier molecular flexibility index (Phi) is 4.14. The van der Waals surface area contributed by atoms with Gasteiger partial charge in [0, 0.05) is 38.0 Å². The van der Waals surface area contributed by atoms with E-state index in [2.05, 4.69) is 27.1 Å². The summed E-state index contributed by atoms with van der Waals surface area (Å²) in [5.41, 5.74) is 1.12. The Morgan fingerprint density at radius 2 is 2.29 bits per heavy atom. The van der Waals surface area contributed by atoms with Crippen LogP contribution < -0.4 is 10.2 Å². The van der Waals surface area contributed by atoms with Gasteiger partial charge in [0.25, 0.3) is 0 Å². The van der Waals surface area contributed by atoms with Crippen molar-refractivity contribution >= 4 is 11.8 Å². The highest BCUT2D eigenvalue weighted by Crippen LogP contribution is 2.19. The van der Waals surface area contributed by atoms with E-state index >= 15 is 0 Å². The summed E-state index contributed by atoms with van der Waals surface area (Å²) < 4.78 is 5.46. The average Bonchev–Trinajstić information content (AvgIpc) is 2.60. The molecule has 1 aromatic rings. The second-order valence-electron chi connectivity index (χ2n) is 4.18. The first kappa shape index (κ1) is 12.1. The lowest BCUT2D eigenvalue weighted by atomic mass is 10.3. The highest BCUT2D eigenvalue weighted by atomic mass is 16.5. The van der Waals surface area contributed by atoms with Crippen molar-refractivity contribution in [3.63, 3.8) is 0 Å². The molecule has 1 saturated heterocycles. The van der Waals surface area contributed by atoms with Gasteiger partial charge in [0.2, 0.25) is 5.95 Å². The molecule has 0 spiro atoms. The van der Waals surface area contributed by atoms with Gasteiger partial charge in [0.15, 0.2) is 0 Å². The number of anilines is 2. The maximum Gasteiger partial charge on any atom is 0.224 e. The maximum absolute atomic E-state index is 5.46. The summed E-state index contributed by atoms with van der Waals surface area (Å²) in [6.45, 7) is 8.47. The summed E-state index contributed by atoms with van der Waals surface area (Å²) in [6.07, 6.45) is 2.94. The van der Waals surface area contributed by atoms with E-state index in [1.807, 2.05) is 13.1 Å². The number of nitrogens with one attached hydrogen (secondary N) is 1. The van der Waals surface area contributed by atoms with Gasteiger partial charge in [-0.05, 0) is 20.3 Å². The van der Waals surface area contributed by atoms with Crippen molar-refractivity contribution in [1.29, 1.82) is 0 Å². The molecule has 1 aliphatic rings. The maximum atomic E-state index is 5.46. The Morgan fingerprint density at radius 1 is 1.41 bits per heavy atom. The zero-order chi connectivity index (χ0) is 12.1. The minimum absolute atomic E-state index is 0.707. The molecule has 0 bridgehead atoms. The van der Waals surface area contributed by atoms with E-state index in [9.17, 15) is 0 Å². The van der Waals surface area contributed by atoms with Gasteiger partial charge in [-0.3, -0.25) is 0 Å². The van der Waals surface area contributed by atoms with Gasteiger partial charge in [-0.2, -0.15) is 4.98 Å². The molecule has 5 heteroatoms. The third-order valence-electron chi connectivity index (χ3n) is 2.80. The van der Waals surface area contributed by atoms with Crippen molar-refractivity contribution in [2.24, 2.45) is 0 Å². The number of hydrogen-bond acceptors (Lipinski definition) is 5. The number of hydrogen-bond donors (Lipinski definition) is 1. The minimum Gasteiger partial charge on any atom is -0.380 e. The predicted octanol–water partition coefficient (Wildman–Crippen LogP) is 1.44. The first-order chi connectivity index (χ1) is 8.31. The average molecular weight is 236 g/mol. The predicted molar refractivity (Wildman–Crippen MR) is 68.6 cm³/mol. The van der Waals surface area contributed by atoms with Crippen LogP contribution in [0.15, 0.2) is 6.20 Å². The van der Waals surface area contributed by atoms with Gasteiger partial charge in [-0.1, -0.05) is 0 Å². The fourth-order valence-corrected chi connectivity index (χ4v) is 1.95. The van der Waals surface area contributed by atoms with Gasteiger partial charge in [0.05, 0.1) is 6.61 Å². The summed E-state index contributed by atoms with van der Waals surface area (Å²) in [7, 11) is 0. The minimum atomic E-state index is 0.707. The van der Waals surface area contributed by atoms with Gasteiger partial charge in [-0.15, -0.1) is 0 Å². The highest BCUT2D eigenvalue weighted by Gasteiger charge is 2.14. The molecule has 0 amide bonds. The fourth-order valence-electron chi connectivity index (χ4n) is 1.95. The van der Waals surface area contributed by atoms with E-state index in [1.165, 1.54) is 0 Å². The Labute approximate surface area is 102 Å². The van der Waals surface area contributed by atoms with Crippen molar-refractivity contribution in [1.82, 2.24) is 9.97 Å². The topological polar surface area (TPSA) is 50.3 Å². The highest BCUT2D eigenvalue weighted by molar-refractivity contribution is 5.49. The van der Waals surface area contributed by atoms with Crippen molar-refractivity contribution in [2.45, 2.75) is 20.3 Å². The second-order valence-corrected chi connectivity index (χ2v) is 4.18. The lowest BCUT2D eigenvalue weighted by Crippen LogP contribution is -2.28. The van der Waals surface area contributed by atoms with Crippen LogP contribution in [0.1, 0.15) is 18.9 Å². The molecule has 2 rings (SSSR count). The molecule has 94 valence electrons. The van der Waals surface area contributed by atoms with Crippen LogP contribution in [0.25, 0.3) is 0 Å². The Bertz CT molecular complexity index is 362. The van der Waals surface area contributed by atoms with Crippen LogP contribution in [0.4, 0.5) is 11.8 Å². The fraction of sp³-hybridized carbons (Fsp3) is 0.667. The molecule has 1 aromatic heterocycles. The number of aryl methyl sites for hydroxylation is 1. The molecule has 1 fully saturated rings. The molecule has 0 radical (unpaired) electrons. The summed E-state index contributed by atoms with van der Waals surface area (Å²) in [4.78, 5) is 11.1. The molecule has 0 aromatic carbocycles. The molecular weight excluding hydrogens is 216 g/mol. The zero-order valence-corrected chi connectivity index (χ0v) is 10.6. The summed E-state index contributed by atoms with van der Waals surface area (Å²) in [5, 5.41) is 3.15. The number of ether oxygens (including phenoxy) is 1. The molecule has 2 heterocycles. The number of nitrogens with zero attached hydrogens (tertiary/aromatic N) is 3. The SMILES string of the molecule is CCNc1ncc(C)c(N2CCCOCC2)n1. The van der Waals surface area contributed by atoms with Crippen molar-refractivity contribution in [3.8, 4) is 0 Å². The largest absolute Gasteiger partial charge is 0.380 e. The van der Waals surface area contributed by atoms with Gasteiger partial charge >= 0.3 is 0 Å². The van der Waals surface area contributed by atoms with Gasteiger partial charge in [0.1, 0.15) is 5.82 Å². The van der Waals surface area contributed by atoms with Crippen LogP contribution in [0, 0.1) is 6.92 Å². The van der Waals surface area contributed by atoms with Gasteiger partial charge in [-0.25, -0.2) is 4.98 Å². The molecule has 0 aliphatic carbocycles. The first-order valence-corrected chi connectivity index (χ1v) is 6.21. The lowest BCUT2D eigenvalue weighted by molar-refractivity contribution is 0.152. The monoisotopic (exact) mass is 236 g/mol. The van der Waals surface area contributed by atoms with E-state index < -0.39 is 0 Å². The van der Waals surface area contributed by atoms with Gasteiger partial charge < -0.3 is 15.0 Å². The molecule has 17 heavy (non-hydrogen) atoms.